The molecule has 148 valence electrons. The van der Waals surface area contributed by atoms with Crippen molar-refractivity contribution in [1.82, 2.24) is 4.98 Å². The van der Waals surface area contributed by atoms with Crippen LogP contribution in [0.2, 0.25) is 5.02 Å². The SMILES string of the molecule is O=[N+]([O-])c1cc2c(cc1C=Nc1ccc3nc(-c4ccc(Cl)cc4)oc3c1)OCO2. The van der Waals surface area contributed by atoms with Gasteiger partial charge in [-0.25, -0.2) is 4.98 Å². The van der Waals surface area contributed by atoms with E-state index < -0.39 is 4.92 Å². The first kappa shape index (κ1) is 18.1. The number of aromatic nitrogens is 1. The second-order valence-electron chi connectivity index (χ2n) is 6.46. The molecule has 5 rings (SSSR count). The number of hydrogen-bond acceptors (Lipinski definition) is 7. The van der Waals surface area contributed by atoms with E-state index in [9.17, 15) is 10.1 Å². The summed E-state index contributed by atoms with van der Waals surface area (Å²) in [5.74, 6) is 1.26. The van der Waals surface area contributed by atoms with Crippen LogP contribution in [0.3, 0.4) is 0 Å². The molecule has 0 bridgehead atoms. The van der Waals surface area contributed by atoms with Crippen LogP contribution >= 0.6 is 11.6 Å². The van der Waals surface area contributed by atoms with Gasteiger partial charge in [-0.3, -0.25) is 15.1 Å². The van der Waals surface area contributed by atoms with E-state index in [1.165, 1.54) is 18.3 Å². The molecule has 0 aliphatic carbocycles. The Labute approximate surface area is 174 Å². The molecule has 0 N–H and O–H groups in total. The number of nitro benzene ring substituents is 1. The van der Waals surface area contributed by atoms with Gasteiger partial charge in [-0.15, -0.1) is 0 Å². The average molecular weight is 422 g/mol. The zero-order valence-corrected chi connectivity index (χ0v) is 16.0. The molecule has 0 atom stereocenters. The van der Waals surface area contributed by atoms with Crippen LogP contribution in [0.25, 0.3) is 22.6 Å². The van der Waals surface area contributed by atoms with E-state index in [-0.39, 0.29) is 12.5 Å². The molecule has 0 saturated carbocycles. The lowest BCUT2D eigenvalue weighted by Gasteiger charge is -2.00. The number of aliphatic imine (C=N–C) groups is 1. The molecule has 1 aliphatic rings. The number of rotatable bonds is 4. The highest BCUT2D eigenvalue weighted by Gasteiger charge is 2.22. The molecular formula is C21H12ClN3O5. The molecule has 0 saturated heterocycles. The molecular weight excluding hydrogens is 410 g/mol. The fourth-order valence-electron chi connectivity index (χ4n) is 3.06. The maximum atomic E-state index is 11.4. The first-order valence-corrected chi connectivity index (χ1v) is 9.23. The smallest absolute Gasteiger partial charge is 0.282 e. The number of fused-ring (bicyclic) bond motifs is 2. The largest absolute Gasteiger partial charge is 0.454 e. The van der Waals surface area contributed by atoms with Gasteiger partial charge in [0.2, 0.25) is 12.7 Å². The minimum absolute atomic E-state index is 0.0329. The molecule has 2 heterocycles. The lowest BCUT2D eigenvalue weighted by molar-refractivity contribution is -0.385. The van der Waals surface area contributed by atoms with E-state index in [1.807, 2.05) is 12.1 Å². The molecule has 0 spiro atoms. The van der Waals surface area contributed by atoms with Gasteiger partial charge >= 0.3 is 0 Å². The zero-order chi connectivity index (χ0) is 20.7. The molecule has 9 heteroatoms. The van der Waals surface area contributed by atoms with Crippen LogP contribution < -0.4 is 9.47 Å². The van der Waals surface area contributed by atoms with E-state index >= 15 is 0 Å². The molecule has 1 aromatic heterocycles. The van der Waals surface area contributed by atoms with E-state index in [1.54, 1.807) is 30.3 Å². The van der Waals surface area contributed by atoms with Gasteiger partial charge in [-0.05, 0) is 42.5 Å². The first-order valence-electron chi connectivity index (χ1n) is 8.85. The summed E-state index contributed by atoms with van der Waals surface area (Å²) < 4.78 is 16.3. The van der Waals surface area contributed by atoms with E-state index in [0.29, 0.717) is 44.8 Å². The van der Waals surface area contributed by atoms with Crippen molar-refractivity contribution in [2.45, 2.75) is 0 Å². The highest BCUT2D eigenvalue weighted by Crippen LogP contribution is 2.37. The standard InChI is InChI=1S/C21H12ClN3O5/c22-14-3-1-12(2-4-14)21-24-16-6-5-15(8-18(16)30-21)23-10-13-7-19-20(29-11-28-19)9-17(13)25(26)27/h1-10H,11H2. The predicted octanol–water partition coefficient (Wildman–Crippen LogP) is 5.54. The Morgan fingerprint density at radius 3 is 2.60 bits per heavy atom. The maximum absolute atomic E-state index is 11.4. The number of hydrogen-bond donors (Lipinski definition) is 0. The minimum Gasteiger partial charge on any atom is -0.454 e. The second kappa shape index (κ2) is 7.16. The number of halogens is 1. The van der Waals surface area contributed by atoms with Crippen molar-refractivity contribution in [1.29, 1.82) is 0 Å². The van der Waals surface area contributed by atoms with Crippen molar-refractivity contribution >= 4 is 40.3 Å². The topological polar surface area (TPSA) is 100.0 Å². The molecule has 0 radical (unpaired) electrons. The summed E-state index contributed by atoms with van der Waals surface area (Å²) in [6.07, 6.45) is 1.41. The third-order valence-corrected chi connectivity index (χ3v) is 4.79. The van der Waals surface area contributed by atoms with Crippen molar-refractivity contribution in [3.8, 4) is 23.0 Å². The number of oxazole rings is 1. The van der Waals surface area contributed by atoms with E-state index in [2.05, 4.69) is 9.98 Å². The highest BCUT2D eigenvalue weighted by atomic mass is 35.5. The number of nitro groups is 1. The fraction of sp³-hybridized carbons (Fsp3) is 0.0476. The van der Waals surface area contributed by atoms with Crippen LogP contribution in [0, 0.1) is 10.1 Å². The molecule has 8 nitrogen and oxygen atoms in total. The second-order valence-corrected chi connectivity index (χ2v) is 6.89. The molecule has 3 aromatic carbocycles. The summed E-state index contributed by atoms with van der Waals surface area (Å²) in [6, 6.07) is 15.3. The third kappa shape index (κ3) is 3.33. The van der Waals surface area contributed by atoms with Crippen LogP contribution in [0.5, 0.6) is 11.5 Å². The number of ether oxygens (including phenoxy) is 2. The first-order chi connectivity index (χ1) is 14.6. The molecule has 4 aromatic rings. The van der Waals surface area contributed by atoms with Crippen LogP contribution in [0.4, 0.5) is 11.4 Å². The Morgan fingerprint density at radius 2 is 1.83 bits per heavy atom. The predicted molar refractivity (Wildman–Crippen MR) is 111 cm³/mol. The van der Waals surface area contributed by atoms with Gasteiger partial charge in [0.15, 0.2) is 17.1 Å². The van der Waals surface area contributed by atoms with Crippen molar-refractivity contribution < 1.29 is 18.8 Å². The van der Waals surface area contributed by atoms with Crippen molar-refractivity contribution in [2.75, 3.05) is 6.79 Å². The summed E-state index contributed by atoms with van der Waals surface area (Å²) in [4.78, 5) is 19.7. The van der Waals surface area contributed by atoms with Crippen molar-refractivity contribution in [2.24, 2.45) is 4.99 Å². The quantitative estimate of drug-likeness (QED) is 0.244. The van der Waals surface area contributed by atoms with Gasteiger partial charge in [0.05, 0.1) is 22.2 Å². The summed E-state index contributed by atoms with van der Waals surface area (Å²) in [5.41, 5.74) is 2.78. The minimum atomic E-state index is -0.485. The third-order valence-electron chi connectivity index (χ3n) is 4.53. The van der Waals surface area contributed by atoms with Gasteiger partial charge in [0.1, 0.15) is 5.52 Å². The van der Waals surface area contributed by atoms with Gasteiger partial charge in [0.25, 0.3) is 5.69 Å². The lowest BCUT2D eigenvalue weighted by Crippen LogP contribution is -1.94. The molecule has 1 aliphatic heterocycles. The Morgan fingerprint density at radius 1 is 1.07 bits per heavy atom. The van der Waals surface area contributed by atoms with Gasteiger partial charge in [-0.2, -0.15) is 0 Å². The zero-order valence-electron chi connectivity index (χ0n) is 15.2. The normalized spacial score (nSPS) is 12.7. The van der Waals surface area contributed by atoms with Gasteiger partial charge in [-0.1, -0.05) is 11.6 Å². The van der Waals surface area contributed by atoms with E-state index in [4.69, 9.17) is 25.5 Å². The summed E-state index contributed by atoms with van der Waals surface area (Å²) >= 11 is 5.92. The van der Waals surface area contributed by atoms with Crippen molar-refractivity contribution in [3.63, 3.8) is 0 Å². The number of benzene rings is 3. The Kier molecular flexibility index (Phi) is 4.33. The van der Waals surface area contributed by atoms with E-state index in [0.717, 1.165) is 5.56 Å². The van der Waals surface area contributed by atoms with Gasteiger partial charge in [0, 0.05) is 22.9 Å². The monoisotopic (exact) mass is 421 g/mol. The summed E-state index contributed by atoms with van der Waals surface area (Å²) in [6.45, 7) is 0.0329. The van der Waals surface area contributed by atoms with Gasteiger partial charge < -0.3 is 13.9 Å². The Bertz CT molecular complexity index is 1310. The molecule has 0 fully saturated rings. The molecule has 30 heavy (non-hydrogen) atoms. The van der Waals surface area contributed by atoms with Crippen LogP contribution in [0.15, 0.2) is 64.0 Å². The summed E-state index contributed by atoms with van der Waals surface area (Å²) in [5, 5.41) is 12.0. The van der Waals surface area contributed by atoms with Crippen LogP contribution in [-0.2, 0) is 0 Å². The average Bonchev–Trinajstić information content (AvgIpc) is 3.37. The molecule has 0 amide bonds. The van der Waals surface area contributed by atoms with Crippen LogP contribution in [0.1, 0.15) is 5.56 Å². The number of nitrogens with zero attached hydrogens (tertiary/aromatic N) is 3. The van der Waals surface area contributed by atoms with Crippen molar-refractivity contribution in [3.05, 3.63) is 75.3 Å². The summed E-state index contributed by atoms with van der Waals surface area (Å²) in [7, 11) is 0. The maximum Gasteiger partial charge on any atom is 0.282 e. The highest BCUT2D eigenvalue weighted by molar-refractivity contribution is 6.30. The fourth-order valence-corrected chi connectivity index (χ4v) is 3.19. The Balaban J connectivity index is 1.48. The Hall–Kier alpha value is -3.91. The molecule has 0 unspecified atom stereocenters. The lowest BCUT2D eigenvalue weighted by atomic mass is 10.1. The van der Waals surface area contributed by atoms with Crippen LogP contribution in [-0.4, -0.2) is 22.9 Å².